The number of hydrogen-bond donors (Lipinski definition) is 1. The lowest BCUT2D eigenvalue weighted by atomic mass is 10.0. The van der Waals surface area contributed by atoms with Crippen LogP contribution in [0.1, 0.15) is 12.5 Å². The van der Waals surface area contributed by atoms with Gasteiger partial charge in [-0.05, 0) is 30.0 Å². The van der Waals surface area contributed by atoms with Gasteiger partial charge in [0.05, 0.1) is 0 Å². The van der Waals surface area contributed by atoms with Crippen LogP contribution in [0.5, 0.6) is 0 Å². The number of allylic oxidation sites excluding steroid dienone is 1. The van der Waals surface area contributed by atoms with Crippen molar-refractivity contribution in [1.82, 2.24) is 0 Å². The van der Waals surface area contributed by atoms with Gasteiger partial charge < -0.3 is 5.11 Å². The molecule has 1 N–H and O–H groups in total. The van der Waals surface area contributed by atoms with Gasteiger partial charge in [-0.1, -0.05) is 60.7 Å². The van der Waals surface area contributed by atoms with E-state index in [1.807, 2.05) is 30.3 Å². The van der Waals surface area contributed by atoms with E-state index in [2.05, 4.69) is 24.3 Å². The van der Waals surface area contributed by atoms with E-state index in [0.29, 0.717) is 12.0 Å². The third-order valence-electron chi connectivity index (χ3n) is 3.04. The number of carboxylic acids is 1. The maximum absolute atomic E-state index is 10.7. The summed E-state index contributed by atoms with van der Waals surface area (Å²) in [5.74, 6) is -0.860. The van der Waals surface area contributed by atoms with E-state index < -0.39 is 5.97 Å². The lowest BCUT2D eigenvalue weighted by Crippen LogP contribution is -1.96. The van der Waals surface area contributed by atoms with Crippen molar-refractivity contribution in [2.45, 2.75) is 13.3 Å². The van der Waals surface area contributed by atoms with Crippen LogP contribution in [-0.2, 0) is 11.2 Å². The van der Waals surface area contributed by atoms with Gasteiger partial charge >= 0.3 is 5.97 Å². The summed E-state index contributed by atoms with van der Waals surface area (Å²) in [4.78, 5) is 10.7. The van der Waals surface area contributed by atoms with E-state index in [4.69, 9.17) is 5.11 Å². The molecule has 0 spiro atoms. The highest BCUT2D eigenvalue weighted by atomic mass is 16.4. The quantitative estimate of drug-likeness (QED) is 0.837. The predicted octanol–water partition coefficient (Wildman–Crippen LogP) is 3.93. The Hall–Kier alpha value is -2.35. The molecule has 96 valence electrons. The molecule has 0 unspecified atom stereocenters. The van der Waals surface area contributed by atoms with Crippen LogP contribution in [0.2, 0.25) is 0 Å². The highest BCUT2D eigenvalue weighted by Crippen LogP contribution is 2.19. The number of aliphatic carboxylic acids is 1. The van der Waals surface area contributed by atoms with Crippen LogP contribution in [0, 0.1) is 0 Å². The fourth-order valence-corrected chi connectivity index (χ4v) is 1.82. The molecule has 0 heterocycles. The van der Waals surface area contributed by atoms with E-state index in [-0.39, 0.29) is 0 Å². The Kier molecular flexibility index (Phi) is 4.14. The van der Waals surface area contributed by atoms with E-state index in [1.54, 1.807) is 13.0 Å². The summed E-state index contributed by atoms with van der Waals surface area (Å²) in [7, 11) is 0. The van der Waals surface area contributed by atoms with Crippen molar-refractivity contribution in [3.05, 3.63) is 71.8 Å². The molecular weight excluding hydrogens is 236 g/mol. The predicted molar refractivity (Wildman–Crippen MR) is 77.0 cm³/mol. The van der Waals surface area contributed by atoms with Crippen LogP contribution >= 0.6 is 0 Å². The Balaban J connectivity index is 2.11. The maximum atomic E-state index is 10.7. The van der Waals surface area contributed by atoms with Crippen molar-refractivity contribution in [2.24, 2.45) is 0 Å². The zero-order chi connectivity index (χ0) is 13.7. The Morgan fingerprint density at radius 2 is 1.58 bits per heavy atom. The van der Waals surface area contributed by atoms with Crippen molar-refractivity contribution in [3.63, 3.8) is 0 Å². The Bertz CT molecular complexity index is 580. The molecule has 0 saturated heterocycles. The third kappa shape index (κ3) is 3.55. The molecule has 0 saturated carbocycles. The molecule has 0 atom stereocenters. The summed E-state index contributed by atoms with van der Waals surface area (Å²) in [5.41, 5.74) is 3.85. The zero-order valence-corrected chi connectivity index (χ0v) is 10.8. The fraction of sp³-hybridized carbons (Fsp3) is 0.118. The van der Waals surface area contributed by atoms with Gasteiger partial charge in [0.15, 0.2) is 0 Å². The number of carbonyl (C=O) groups is 1. The molecule has 0 aliphatic heterocycles. The lowest BCUT2D eigenvalue weighted by molar-refractivity contribution is -0.132. The fourth-order valence-electron chi connectivity index (χ4n) is 1.82. The van der Waals surface area contributed by atoms with E-state index in [1.165, 1.54) is 11.1 Å². The smallest absolute Gasteiger partial charge is 0.330 e. The molecule has 2 nitrogen and oxygen atoms in total. The first-order chi connectivity index (χ1) is 9.16. The Morgan fingerprint density at radius 3 is 2.16 bits per heavy atom. The van der Waals surface area contributed by atoms with Crippen molar-refractivity contribution >= 4 is 5.97 Å². The minimum Gasteiger partial charge on any atom is -0.478 e. The number of benzene rings is 2. The van der Waals surface area contributed by atoms with Crippen LogP contribution < -0.4 is 0 Å². The van der Waals surface area contributed by atoms with Crippen molar-refractivity contribution in [3.8, 4) is 11.1 Å². The first-order valence-electron chi connectivity index (χ1n) is 6.21. The highest BCUT2D eigenvalue weighted by molar-refractivity contribution is 5.85. The van der Waals surface area contributed by atoms with E-state index in [0.717, 1.165) is 5.56 Å². The molecule has 0 aliphatic rings. The molecule has 0 aliphatic carbocycles. The van der Waals surface area contributed by atoms with Gasteiger partial charge in [0, 0.05) is 5.57 Å². The Morgan fingerprint density at radius 1 is 1.00 bits per heavy atom. The number of hydrogen-bond acceptors (Lipinski definition) is 1. The van der Waals surface area contributed by atoms with E-state index in [9.17, 15) is 4.79 Å². The highest BCUT2D eigenvalue weighted by Gasteiger charge is 2.00. The van der Waals surface area contributed by atoms with Crippen molar-refractivity contribution in [2.75, 3.05) is 0 Å². The van der Waals surface area contributed by atoms with Gasteiger partial charge in [0.25, 0.3) is 0 Å². The van der Waals surface area contributed by atoms with Crippen LogP contribution in [0.25, 0.3) is 11.1 Å². The van der Waals surface area contributed by atoms with Crippen LogP contribution in [0.4, 0.5) is 0 Å². The molecule has 2 aromatic rings. The molecule has 0 fully saturated rings. The monoisotopic (exact) mass is 252 g/mol. The molecular formula is C17H16O2. The van der Waals surface area contributed by atoms with Crippen LogP contribution in [-0.4, -0.2) is 11.1 Å². The second-order valence-electron chi connectivity index (χ2n) is 4.46. The summed E-state index contributed by atoms with van der Waals surface area (Å²) in [6, 6.07) is 18.4. The van der Waals surface area contributed by atoms with Gasteiger partial charge in [0.1, 0.15) is 0 Å². The first-order valence-corrected chi connectivity index (χ1v) is 6.21. The zero-order valence-electron chi connectivity index (χ0n) is 10.8. The standard InChI is InChI=1S/C17H16O2/c1-13(17(18)19)7-8-14-9-11-16(12-10-14)15-5-3-2-4-6-15/h2-7,9-12H,8H2,1H3,(H,18,19). The number of rotatable bonds is 4. The maximum Gasteiger partial charge on any atom is 0.330 e. The molecule has 2 rings (SSSR count). The summed E-state index contributed by atoms with van der Waals surface area (Å²) >= 11 is 0. The van der Waals surface area contributed by atoms with Crippen LogP contribution in [0.15, 0.2) is 66.2 Å². The van der Waals surface area contributed by atoms with Crippen molar-refractivity contribution < 1.29 is 9.90 Å². The molecule has 0 radical (unpaired) electrons. The Labute approximate surface area is 113 Å². The molecule has 0 aromatic heterocycles. The minimum atomic E-state index is -0.860. The normalized spacial score (nSPS) is 11.3. The average molecular weight is 252 g/mol. The second-order valence-corrected chi connectivity index (χ2v) is 4.46. The molecule has 2 aromatic carbocycles. The van der Waals surface area contributed by atoms with Gasteiger partial charge in [-0.15, -0.1) is 0 Å². The first kappa shape index (κ1) is 13.1. The summed E-state index contributed by atoms with van der Waals surface area (Å²) in [6.07, 6.45) is 2.38. The average Bonchev–Trinajstić information content (AvgIpc) is 2.46. The third-order valence-corrected chi connectivity index (χ3v) is 3.04. The number of carboxylic acid groups (broad SMARTS) is 1. The van der Waals surface area contributed by atoms with Crippen molar-refractivity contribution in [1.29, 1.82) is 0 Å². The van der Waals surface area contributed by atoms with Gasteiger partial charge in [-0.25, -0.2) is 4.79 Å². The molecule has 0 bridgehead atoms. The minimum absolute atomic E-state index is 0.382. The van der Waals surface area contributed by atoms with Gasteiger partial charge in [-0.2, -0.15) is 0 Å². The van der Waals surface area contributed by atoms with E-state index >= 15 is 0 Å². The lowest BCUT2D eigenvalue weighted by Gasteiger charge is -2.03. The van der Waals surface area contributed by atoms with Gasteiger partial charge in [0.2, 0.25) is 0 Å². The summed E-state index contributed by atoms with van der Waals surface area (Å²) in [6.45, 7) is 1.61. The summed E-state index contributed by atoms with van der Waals surface area (Å²) in [5, 5.41) is 8.78. The molecule has 0 amide bonds. The molecule has 2 heteroatoms. The molecule has 19 heavy (non-hydrogen) atoms. The second kappa shape index (κ2) is 6.01. The van der Waals surface area contributed by atoms with Gasteiger partial charge in [-0.3, -0.25) is 0 Å². The van der Waals surface area contributed by atoms with Crippen LogP contribution in [0.3, 0.4) is 0 Å². The largest absolute Gasteiger partial charge is 0.478 e. The SMILES string of the molecule is CC(=CCc1ccc(-c2ccccc2)cc1)C(=O)O. The summed E-state index contributed by atoms with van der Waals surface area (Å²) < 4.78 is 0. The topological polar surface area (TPSA) is 37.3 Å².